The Morgan fingerprint density at radius 3 is 2.18 bits per heavy atom. The molecular weight excluding hydrogens is 374 g/mol. The molecule has 0 radical (unpaired) electrons. The van der Waals surface area contributed by atoms with Crippen LogP contribution in [0.5, 0.6) is 0 Å². The summed E-state index contributed by atoms with van der Waals surface area (Å²) in [5, 5.41) is 0.546. The Balaban J connectivity index is 1.81. The minimum atomic E-state index is -0.892. The number of ether oxygens (including phenoxy) is 1. The smallest absolute Gasteiger partial charge is 0.340 e. The van der Waals surface area contributed by atoms with Crippen molar-refractivity contribution in [2.24, 2.45) is 0 Å². The Morgan fingerprint density at radius 2 is 1.57 bits per heavy atom. The average molecular weight is 396 g/mol. The quantitative estimate of drug-likeness (QED) is 0.424. The molecule has 2 aromatic carbocycles. The van der Waals surface area contributed by atoms with Gasteiger partial charge in [-0.2, -0.15) is 0 Å². The number of Topliss-reactive ketones (excluding diaryl/α,β-unsaturated/α-hetero) is 1. The Hall–Kier alpha value is -2.85. The summed E-state index contributed by atoms with van der Waals surface area (Å²) in [6, 6.07) is 16.4. The molecule has 0 unspecified atom stereocenters. The molecule has 0 aliphatic heterocycles. The summed E-state index contributed by atoms with van der Waals surface area (Å²) in [6.45, 7) is 7.41. The van der Waals surface area contributed by atoms with E-state index in [1.165, 1.54) is 5.56 Å². The number of hydrogen-bond acceptors (Lipinski definition) is 3. The Morgan fingerprint density at radius 1 is 0.964 bits per heavy atom. The number of aryl methyl sites for hydroxylation is 2. The van der Waals surface area contributed by atoms with Crippen molar-refractivity contribution in [3.8, 4) is 5.69 Å². The van der Waals surface area contributed by atoms with Gasteiger partial charge in [0.05, 0.1) is 5.56 Å². The van der Waals surface area contributed by atoms with E-state index in [0.717, 1.165) is 17.1 Å². The van der Waals surface area contributed by atoms with E-state index in [0.29, 0.717) is 16.1 Å². The van der Waals surface area contributed by atoms with Gasteiger partial charge in [0.15, 0.2) is 6.10 Å². The third-order valence-electron chi connectivity index (χ3n) is 4.72. The van der Waals surface area contributed by atoms with Crippen LogP contribution in [0, 0.1) is 20.8 Å². The van der Waals surface area contributed by atoms with Gasteiger partial charge in [-0.1, -0.05) is 29.3 Å². The summed E-state index contributed by atoms with van der Waals surface area (Å²) in [7, 11) is 0. The summed E-state index contributed by atoms with van der Waals surface area (Å²) in [4.78, 5) is 25.2. The number of carbonyl (C=O) groups is 2. The van der Waals surface area contributed by atoms with E-state index in [9.17, 15) is 9.59 Å². The minimum absolute atomic E-state index is 0.266. The summed E-state index contributed by atoms with van der Waals surface area (Å²) in [5.74, 6) is -0.779. The van der Waals surface area contributed by atoms with Crippen molar-refractivity contribution in [2.75, 3.05) is 0 Å². The maximum atomic E-state index is 12.7. The van der Waals surface area contributed by atoms with E-state index in [1.807, 2.05) is 49.6 Å². The number of aromatic nitrogens is 1. The van der Waals surface area contributed by atoms with Crippen molar-refractivity contribution >= 4 is 23.4 Å². The first kappa shape index (κ1) is 19.9. The summed E-state index contributed by atoms with van der Waals surface area (Å²) >= 11 is 5.85. The van der Waals surface area contributed by atoms with Gasteiger partial charge >= 0.3 is 5.97 Å². The van der Waals surface area contributed by atoms with Crippen molar-refractivity contribution in [3.63, 3.8) is 0 Å². The highest BCUT2D eigenvalue weighted by Gasteiger charge is 2.23. The van der Waals surface area contributed by atoms with Crippen LogP contribution < -0.4 is 0 Å². The van der Waals surface area contributed by atoms with E-state index in [1.54, 1.807) is 37.3 Å². The zero-order valence-electron chi connectivity index (χ0n) is 16.3. The molecule has 0 saturated heterocycles. The molecule has 0 bridgehead atoms. The number of ketones is 1. The molecule has 3 aromatic rings. The van der Waals surface area contributed by atoms with Crippen LogP contribution in [0.3, 0.4) is 0 Å². The highest BCUT2D eigenvalue weighted by atomic mass is 35.5. The molecule has 0 spiro atoms. The number of halogens is 1. The van der Waals surface area contributed by atoms with E-state index < -0.39 is 12.1 Å². The first-order chi connectivity index (χ1) is 13.3. The van der Waals surface area contributed by atoms with Crippen LogP contribution in [0.15, 0.2) is 54.6 Å². The summed E-state index contributed by atoms with van der Waals surface area (Å²) < 4.78 is 7.45. The largest absolute Gasteiger partial charge is 0.451 e. The van der Waals surface area contributed by atoms with E-state index in [-0.39, 0.29) is 5.78 Å². The SMILES string of the molecule is Cc1ccc(-n2c(C)cc(C(=O)O[C@@H](C)C(=O)c3ccc(Cl)cc3)c2C)cc1. The standard InChI is InChI=1S/C23H22ClNO3/c1-14-5-11-20(12-6-14)25-15(2)13-21(16(25)3)23(27)28-17(4)22(26)18-7-9-19(24)10-8-18/h5-13,17H,1-4H3/t17-/m0/s1. The highest BCUT2D eigenvalue weighted by Crippen LogP contribution is 2.23. The molecule has 0 fully saturated rings. The van der Waals surface area contributed by atoms with Crippen LogP contribution in [-0.4, -0.2) is 22.4 Å². The van der Waals surface area contributed by atoms with Crippen LogP contribution in [0.25, 0.3) is 5.69 Å². The van der Waals surface area contributed by atoms with Crippen molar-refractivity contribution in [3.05, 3.63) is 87.7 Å². The topological polar surface area (TPSA) is 48.3 Å². The summed E-state index contributed by atoms with van der Waals surface area (Å²) in [5.41, 5.74) is 4.75. The first-order valence-electron chi connectivity index (χ1n) is 9.04. The number of hydrogen-bond donors (Lipinski definition) is 0. The lowest BCUT2D eigenvalue weighted by Crippen LogP contribution is -2.24. The number of nitrogens with zero attached hydrogens (tertiary/aromatic N) is 1. The number of rotatable bonds is 5. The molecule has 0 N–H and O–H groups in total. The van der Waals surface area contributed by atoms with Crippen molar-refractivity contribution in [1.29, 1.82) is 0 Å². The molecule has 1 heterocycles. The van der Waals surface area contributed by atoms with Gasteiger partial charge in [-0.3, -0.25) is 4.79 Å². The lowest BCUT2D eigenvalue weighted by Gasteiger charge is -2.13. The normalized spacial score (nSPS) is 11.9. The maximum Gasteiger partial charge on any atom is 0.340 e. The molecule has 0 aliphatic carbocycles. The minimum Gasteiger partial charge on any atom is -0.451 e. The second kappa shape index (κ2) is 8.03. The molecule has 5 heteroatoms. The molecular formula is C23H22ClNO3. The van der Waals surface area contributed by atoms with E-state index >= 15 is 0 Å². The highest BCUT2D eigenvalue weighted by molar-refractivity contribution is 6.30. The molecule has 0 saturated carbocycles. The molecule has 1 atom stereocenters. The molecule has 3 rings (SSSR count). The monoisotopic (exact) mass is 395 g/mol. The average Bonchev–Trinajstić information content (AvgIpc) is 2.97. The van der Waals surface area contributed by atoms with Crippen LogP contribution in [0.2, 0.25) is 5.02 Å². The third-order valence-corrected chi connectivity index (χ3v) is 4.98. The van der Waals surface area contributed by atoms with Gasteiger partial charge in [0.2, 0.25) is 5.78 Å². The van der Waals surface area contributed by atoms with Gasteiger partial charge in [-0.05, 0) is 70.2 Å². The van der Waals surface area contributed by atoms with Crippen LogP contribution in [0.1, 0.15) is 44.6 Å². The fourth-order valence-corrected chi connectivity index (χ4v) is 3.31. The van der Waals surface area contributed by atoms with Gasteiger partial charge < -0.3 is 9.30 Å². The number of carbonyl (C=O) groups excluding carboxylic acids is 2. The molecule has 1 aromatic heterocycles. The van der Waals surface area contributed by atoms with Gasteiger partial charge in [0.25, 0.3) is 0 Å². The van der Waals surface area contributed by atoms with Crippen molar-refractivity contribution < 1.29 is 14.3 Å². The van der Waals surface area contributed by atoms with Gasteiger partial charge in [0.1, 0.15) is 0 Å². The van der Waals surface area contributed by atoms with Crippen molar-refractivity contribution in [1.82, 2.24) is 4.57 Å². The summed E-state index contributed by atoms with van der Waals surface area (Å²) in [6.07, 6.45) is -0.892. The van der Waals surface area contributed by atoms with Crippen LogP contribution in [-0.2, 0) is 4.74 Å². The predicted molar refractivity (Wildman–Crippen MR) is 111 cm³/mol. The molecule has 28 heavy (non-hydrogen) atoms. The first-order valence-corrected chi connectivity index (χ1v) is 9.42. The lowest BCUT2D eigenvalue weighted by atomic mass is 10.1. The zero-order valence-corrected chi connectivity index (χ0v) is 17.1. The van der Waals surface area contributed by atoms with Crippen molar-refractivity contribution in [2.45, 2.75) is 33.8 Å². The van der Waals surface area contributed by atoms with Crippen LogP contribution >= 0.6 is 11.6 Å². The molecule has 0 amide bonds. The third kappa shape index (κ3) is 4.02. The van der Waals surface area contributed by atoms with Gasteiger partial charge in [-0.25, -0.2) is 4.79 Å². The number of esters is 1. The van der Waals surface area contributed by atoms with Gasteiger partial charge in [-0.15, -0.1) is 0 Å². The predicted octanol–water partition coefficient (Wildman–Crippen LogP) is 5.48. The van der Waals surface area contributed by atoms with E-state index in [2.05, 4.69) is 0 Å². The zero-order chi connectivity index (χ0) is 20.4. The Bertz CT molecular complexity index is 1020. The second-order valence-corrected chi connectivity index (χ2v) is 7.31. The number of benzene rings is 2. The van der Waals surface area contributed by atoms with Gasteiger partial charge in [0, 0.05) is 27.7 Å². The second-order valence-electron chi connectivity index (χ2n) is 6.87. The fraction of sp³-hybridized carbons (Fsp3) is 0.217. The fourth-order valence-electron chi connectivity index (χ4n) is 3.19. The lowest BCUT2D eigenvalue weighted by molar-refractivity contribution is 0.0318. The molecule has 4 nitrogen and oxygen atoms in total. The molecule has 0 aliphatic rings. The Kier molecular flexibility index (Phi) is 5.71. The Labute approximate surface area is 169 Å². The van der Waals surface area contributed by atoms with E-state index in [4.69, 9.17) is 16.3 Å². The maximum absolute atomic E-state index is 12.7. The molecule has 144 valence electrons. The van der Waals surface area contributed by atoms with Crippen LogP contribution in [0.4, 0.5) is 0 Å².